The Labute approximate surface area is 109 Å². The largest absolute Gasteiger partial charge is 0.396 e. The molecule has 2 rings (SSSR count). The monoisotopic (exact) mass is 268 g/mol. The molecule has 2 aromatic rings. The zero-order chi connectivity index (χ0) is 13.0. The number of aliphatic hydroxyl groups is 1. The first-order chi connectivity index (χ1) is 8.76. The minimum absolute atomic E-state index is 0.213. The molecular weight excluding hydrogens is 252 g/mol. The van der Waals surface area contributed by atoms with Crippen molar-refractivity contribution in [3.63, 3.8) is 0 Å². The third-order valence-corrected chi connectivity index (χ3v) is 3.49. The van der Waals surface area contributed by atoms with Crippen molar-refractivity contribution < 1.29 is 5.11 Å². The fourth-order valence-electron chi connectivity index (χ4n) is 1.57. The van der Waals surface area contributed by atoms with Crippen LogP contribution in [0.4, 0.5) is 5.82 Å². The second kappa shape index (κ2) is 5.98. The number of nitrogen functional groups attached to an aromatic ring is 1. The smallest absolute Gasteiger partial charge is 0.163 e. The molecule has 2 heterocycles. The molecule has 4 N–H and O–H groups in total. The van der Waals surface area contributed by atoms with Crippen molar-refractivity contribution in [1.82, 2.24) is 19.7 Å². The molecule has 0 aliphatic carbocycles. The van der Waals surface area contributed by atoms with Crippen LogP contribution in [0, 0.1) is 0 Å². The van der Waals surface area contributed by atoms with Gasteiger partial charge >= 0.3 is 0 Å². The summed E-state index contributed by atoms with van der Waals surface area (Å²) in [4.78, 5) is 8.80. The zero-order valence-electron chi connectivity index (χ0n) is 10.1. The third-order valence-electron chi connectivity index (χ3n) is 2.45. The van der Waals surface area contributed by atoms with Gasteiger partial charge in [0.25, 0.3) is 0 Å². The number of hydrogen-bond donors (Lipinski definition) is 3. The molecular formula is C10H16N6OS. The SMILES string of the molecule is Cn1ncc2c(NN)nc(CSCCCO)nc21. The van der Waals surface area contributed by atoms with E-state index in [4.69, 9.17) is 10.9 Å². The topological polar surface area (TPSA) is 102 Å². The molecule has 0 amide bonds. The van der Waals surface area contributed by atoms with Crippen LogP contribution in [0.1, 0.15) is 12.2 Å². The summed E-state index contributed by atoms with van der Waals surface area (Å²) in [6, 6.07) is 0. The van der Waals surface area contributed by atoms with E-state index in [1.54, 1.807) is 22.6 Å². The van der Waals surface area contributed by atoms with Gasteiger partial charge in [-0.05, 0) is 12.2 Å². The van der Waals surface area contributed by atoms with Gasteiger partial charge in [-0.2, -0.15) is 16.9 Å². The lowest BCUT2D eigenvalue weighted by atomic mass is 10.4. The molecule has 0 spiro atoms. The van der Waals surface area contributed by atoms with Crippen LogP contribution in [0.25, 0.3) is 11.0 Å². The Morgan fingerprint density at radius 3 is 3.06 bits per heavy atom. The van der Waals surface area contributed by atoms with E-state index in [1.165, 1.54) is 0 Å². The maximum atomic E-state index is 8.71. The fourth-order valence-corrected chi connectivity index (χ4v) is 2.36. The van der Waals surface area contributed by atoms with Gasteiger partial charge in [0, 0.05) is 13.7 Å². The van der Waals surface area contributed by atoms with E-state index in [0.29, 0.717) is 17.4 Å². The first-order valence-electron chi connectivity index (χ1n) is 5.60. The van der Waals surface area contributed by atoms with Gasteiger partial charge in [-0.1, -0.05) is 0 Å². The van der Waals surface area contributed by atoms with Crippen LogP contribution in [0.3, 0.4) is 0 Å². The predicted octanol–water partition coefficient (Wildman–Crippen LogP) is 0.265. The van der Waals surface area contributed by atoms with Crippen molar-refractivity contribution in [1.29, 1.82) is 0 Å². The number of rotatable bonds is 6. The number of fused-ring (bicyclic) bond motifs is 1. The van der Waals surface area contributed by atoms with Crippen molar-refractivity contribution in [3.05, 3.63) is 12.0 Å². The van der Waals surface area contributed by atoms with Crippen molar-refractivity contribution in [2.45, 2.75) is 12.2 Å². The van der Waals surface area contributed by atoms with E-state index < -0.39 is 0 Å². The second-order valence-electron chi connectivity index (χ2n) is 3.77. The number of anilines is 1. The molecule has 0 atom stereocenters. The van der Waals surface area contributed by atoms with E-state index in [2.05, 4.69) is 20.5 Å². The Hall–Kier alpha value is -1.38. The summed E-state index contributed by atoms with van der Waals surface area (Å²) >= 11 is 1.68. The fraction of sp³-hybridized carbons (Fsp3) is 0.500. The molecule has 18 heavy (non-hydrogen) atoms. The van der Waals surface area contributed by atoms with E-state index in [0.717, 1.165) is 23.2 Å². The minimum atomic E-state index is 0.213. The van der Waals surface area contributed by atoms with Gasteiger partial charge in [-0.15, -0.1) is 0 Å². The third kappa shape index (κ3) is 2.71. The van der Waals surface area contributed by atoms with E-state index >= 15 is 0 Å². The van der Waals surface area contributed by atoms with Gasteiger partial charge < -0.3 is 10.5 Å². The molecule has 0 bridgehead atoms. The molecule has 7 nitrogen and oxygen atoms in total. The van der Waals surface area contributed by atoms with Crippen LogP contribution in [-0.4, -0.2) is 37.2 Å². The Morgan fingerprint density at radius 1 is 1.50 bits per heavy atom. The molecule has 0 aliphatic rings. The van der Waals surface area contributed by atoms with Crippen molar-refractivity contribution >= 4 is 28.6 Å². The zero-order valence-corrected chi connectivity index (χ0v) is 10.9. The standard InChI is InChI=1S/C10H16N6OS/c1-16-10-7(5-12-16)9(15-11)13-8(14-10)6-18-4-2-3-17/h5,17H,2-4,6,11H2,1H3,(H,13,14,15). The molecule has 0 saturated heterocycles. The molecule has 0 aliphatic heterocycles. The Bertz CT molecular complexity index is 528. The average molecular weight is 268 g/mol. The molecule has 98 valence electrons. The number of hydrazine groups is 1. The maximum absolute atomic E-state index is 8.71. The molecule has 0 unspecified atom stereocenters. The number of thioether (sulfide) groups is 1. The summed E-state index contributed by atoms with van der Waals surface area (Å²) in [7, 11) is 1.83. The number of hydrogen-bond acceptors (Lipinski definition) is 7. The highest BCUT2D eigenvalue weighted by Crippen LogP contribution is 2.20. The molecule has 0 fully saturated rings. The second-order valence-corrected chi connectivity index (χ2v) is 4.87. The summed E-state index contributed by atoms with van der Waals surface area (Å²) in [5.41, 5.74) is 3.33. The molecule has 0 aromatic carbocycles. The predicted molar refractivity (Wildman–Crippen MR) is 72.0 cm³/mol. The first-order valence-corrected chi connectivity index (χ1v) is 6.75. The average Bonchev–Trinajstić information content (AvgIpc) is 2.76. The minimum Gasteiger partial charge on any atom is -0.396 e. The van der Waals surface area contributed by atoms with E-state index in [-0.39, 0.29) is 6.61 Å². The van der Waals surface area contributed by atoms with Crippen LogP contribution in [0.5, 0.6) is 0 Å². The lowest BCUT2D eigenvalue weighted by Crippen LogP contribution is -2.11. The lowest BCUT2D eigenvalue weighted by Gasteiger charge is -2.05. The Balaban J connectivity index is 2.20. The maximum Gasteiger partial charge on any atom is 0.163 e. The lowest BCUT2D eigenvalue weighted by molar-refractivity contribution is 0.296. The number of nitrogens with zero attached hydrogens (tertiary/aromatic N) is 4. The van der Waals surface area contributed by atoms with Gasteiger partial charge in [0.15, 0.2) is 11.5 Å². The summed E-state index contributed by atoms with van der Waals surface area (Å²) in [5, 5.41) is 13.7. The number of nitrogens with one attached hydrogen (secondary N) is 1. The Kier molecular flexibility index (Phi) is 4.34. The number of aliphatic hydroxyl groups excluding tert-OH is 1. The molecule has 0 radical (unpaired) electrons. The van der Waals surface area contributed by atoms with Crippen molar-refractivity contribution in [2.24, 2.45) is 12.9 Å². The highest BCUT2D eigenvalue weighted by atomic mass is 32.2. The number of aryl methyl sites for hydroxylation is 1. The van der Waals surface area contributed by atoms with Crippen LogP contribution >= 0.6 is 11.8 Å². The van der Waals surface area contributed by atoms with Crippen LogP contribution in [0.2, 0.25) is 0 Å². The van der Waals surface area contributed by atoms with E-state index in [1.807, 2.05) is 7.05 Å². The van der Waals surface area contributed by atoms with Crippen molar-refractivity contribution in [3.8, 4) is 0 Å². The number of aromatic nitrogens is 4. The van der Waals surface area contributed by atoms with Crippen molar-refractivity contribution in [2.75, 3.05) is 17.8 Å². The van der Waals surface area contributed by atoms with Crippen LogP contribution in [-0.2, 0) is 12.8 Å². The highest BCUT2D eigenvalue weighted by Gasteiger charge is 2.10. The summed E-state index contributed by atoms with van der Waals surface area (Å²) in [6.07, 6.45) is 2.47. The quantitative estimate of drug-likeness (QED) is 0.392. The summed E-state index contributed by atoms with van der Waals surface area (Å²) < 4.78 is 1.69. The van der Waals surface area contributed by atoms with Gasteiger partial charge in [0.2, 0.25) is 0 Å². The van der Waals surface area contributed by atoms with Gasteiger partial charge in [-0.3, -0.25) is 4.68 Å². The highest BCUT2D eigenvalue weighted by molar-refractivity contribution is 7.98. The van der Waals surface area contributed by atoms with Gasteiger partial charge in [-0.25, -0.2) is 15.8 Å². The van der Waals surface area contributed by atoms with E-state index in [9.17, 15) is 0 Å². The van der Waals surface area contributed by atoms with Gasteiger partial charge in [0.05, 0.1) is 17.3 Å². The summed E-state index contributed by atoms with van der Waals surface area (Å²) in [6.45, 7) is 0.213. The summed E-state index contributed by atoms with van der Waals surface area (Å²) in [5.74, 6) is 8.33. The molecule has 8 heteroatoms. The number of nitrogens with two attached hydrogens (primary N) is 1. The van der Waals surface area contributed by atoms with Crippen LogP contribution in [0.15, 0.2) is 6.20 Å². The normalized spacial score (nSPS) is 11.1. The van der Waals surface area contributed by atoms with Gasteiger partial charge in [0.1, 0.15) is 5.82 Å². The Morgan fingerprint density at radius 2 is 2.33 bits per heavy atom. The molecule has 0 saturated carbocycles. The first kappa shape index (κ1) is 13.1. The molecule has 2 aromatic heterocycles. The van der Waals surface area contributed by atoms with Crippen LogP contribution < -0.4 is 11.3 Å².